The standard InChI is InChI=1S/C18H29N3O3S.ClH/c1-14-7-9-21(10-8-14)25(23,24)13-17-6-4-3-5-16(17)12-20-18(22)11-15(2)19;/h3-6,14-15H,7-13,19H2,1-2H3,(H,20,22);1H. The van der Waals surface area contributed by atoms with Crippen LogP contribution in [0.5, 0.6) is 0 Å². The molecule has 1 heterocycles. The van der Waals surface area contributed by atoms with Gasteiger partial charge in [0.25, 0.3) is 0 Å². The number of benzene rings is 1. The summed E-state index contributed by atoms with van der Waals surface area (Å²) in [6.07, 6.45) is 2.08. The van der Waals surface area contributed by atoms with Crippen LogP contribution >= 0.6 is 12.4 Å². The molecule has 3 N–H and O–H groups in total. The van der Waals surface area contributed by atoms with Crippen molar-refractivity contribution in [1.29, 1.82) is 0 Å². The summed E-state index contributed by atoms with van der Waals surface area (Å²) in [4.78, 5) is 11.8. The molecule has 26 heavy (non-hydrogen) atoms. The fourth-order valence-corrected chi connectivity index (χ4v) is 4.60. The molecule has 1 aromatic rings. The van der Waals surface area contributed by atoms with E-state index >= 15 is 0 Å². The van der Waals surface area contributed by atoms with E-state index in [1.54, 1.807) is 11.2 Å². The molecule has 2 rings (SSSR count). The quantitative estimate of drug-likeness (QED) is 0.728. The molecular weight excluding hydrogens is 374 g/mol. The second-order valence-corrected chi connectivity index (χ2v) is 9.03. The normalized spacial score (nSPS) is 17.3. The highest BCUT2D eigenvalue weighted by atomic mass is 35.5. The van der Waals surface area contributed by atoms with Crippen molar-refractivity contribution in [2.24, 2.45) is 11.7 Å². The SMILES string of the molecule is CC(N)CC(=O)NCc1ccccc1CS(=O)(=O)N1CCC(C)CC1.Cl. The number of hydrogen-bond donors (Lipinski definition) is 2. The zero-order chi connectivity index (χ0) is 18.4. The minimum absolute atomic E-state index is 0. The Balaban J connectivity index is 0.00000338. The van der Waals surface area contributed by atoms with Crippen molar-refractivity contribution < 1.29 is 13.2 Å². The van der Waals surface area contributed by atoms with Crippen LogP contribution in [0.25, 0.3) is 0 Å². The Kier molecular flexibility index (Phi) is 9.03. The lowest BCUT2D eigenvalue weighted by atomic mass is 10.0. The summed E-state index contributed by atoms with van der Waals surface area (Å²) in [6.45, 7) is 5.44. The number of amides is 1. The van der Waals surface area contributed by atoms with Gasteiger partial charge in [0.2, 0.25) is 15.9 Å². The van der Waals surface area contributed by atoms with Crippen molar-refractivity contribution in [2.75, 3.05) is 13.1 Å². The number of rotatable bonds is 7. The van der Waals surface area contributed by atoms with Gasteiger partial charge in [0, 0.05) is 32.1 Å². The first-order valence-corrected chi connectivity index (χ1v) is 10.5. The molecule has 1 amide bonds. The Morgan fingerprint density at radius 1 is 1.27 bits per heavy atom. The molecule has 1 aromatic carbocycles. The van der Waals surface area contributed by atoms with Crippen molar-refractivity contribution in [2.45, 2.75) is 51.4 Å². The van der Waals surface area contributed by atoms with Crippen LogP contribution in [0.4, 0.5) is 0 Å². The van der Waals surface area contributed by atoms with Crippen LogP contribution in [0, 0.1) is 5.92 Å². The fourth-order valence-electron chi connectivity index (χ4n) is 2.98. The van der Waals surface area contributed by atoms with Crippen molar-refractivity contribution in [3.8, 4) is 0 Å². The number of piperidine rings is 1. The van der Waals surface area contributed by atoms with Crippen molar-refractivity contribution >= 4 is 28.3 Å². The van der Waals surface area contributed by atoms with E-state index in [9.17, 15) is 13.2 Å². The Bertz CT molecular complexity index is 687. The van der Waals surface area contributed by atoms with E-state index < -0.39 is 10.0 Å². The molecule has 148 valence electrons. The molecular formula is C18H30ClN3O3S. The van der Waals surface area contributed by atoms with Gasteiger partial charge in [0.15, 0.2) is 0 Å². The van der Waals surface area contributed by atoms with E-state index in [0.29, 0.717) is 25.6 Å². The van der Waals surface area contributed by atoms with Crippen molar-refractivity contribution in [3.63, 3.8) is 0 Å². The third kappa shape index (κ3) is 6.87. The van der Waals surface area contributed by atoms with Gasteiger partial charge >= 0.3 is 0 Å². The number of nitrogens with zero attached hydrogens (tertiary/aromatic N) is 1. The fraction of sp³-hybridized carbons (Fsp3) is 0.611. The second kappa shape index (κ2) is 10.3. The van der Waals surface area contributed by atoms with Gasteiger partial charge in [-0.1, -0.05) is 31.2 Å². The Hall–Kier alpha value is -1.15. The summed E-state index contributed by atoms with van der Waals surface area (Å²) in [5.41, 5.74) is 7.19. The van der Waals surface area contributed by atoms with Gasteiger partial charge in [-0.05, 0) is 36.8 Å². The molecule has 8 heteroatoms. The van der Waals surface area contributed by atoms with Gasteiger partial charge in [-0.15, -0.1) is 12.4 Å². The van der Waals surface area contributed by atoms with E-state index in [1.807, 2.05) is 24.3 Å². The lowest BCUT2D eigenvalue weighted by molar-refractivity contribution is -0.121. The molecule has 0 aromatic heterocycles. The number of carbonyl (C=O) groups is 1. The largest absolute Gasteiger partial charge is 0.352 e. The highest BCUT2D eigenvalue weighted by Gasteiger charge is 2.27. The lowest BCUT2D eigenvalue weighted by Gasteiger charge is -2.29. The minimum Gasteiger partial charge on any atom is -0.352 e. The zero-order valence-electron chi connectivity index (χ0n) is 15.5. The van der Waals surface area contributed by atoms with E-state index in [2.05, 4.69) is 12.2 Å². The van der Waals surface area contributed by atoms with Crippen molar-refractivity contribution in [1.82, 2.24) is 9.62 Å². The Morgan fingerprint density at radius 2 is 1.85 bits per heavy atom. The average molecular weight is 404 g/mol. The van der Waals surface area contributed by atoms with Crippen LogP contribution in [-0.4, -0.2) is 37.8 Å². The zero-order valence-corrected chi connectivity index (χ0v) is 17.1. The van der Waals surface area contributed by atoms with Crippen molar-refractivity contribution in [3.05, 3.63) is 35.4 Å². The van der Waals surface area contributed by atoms with Crippen LogP contribution in [0.2, 0.25) is 0 Å². The van der Waals surface area contributed by atoms with Gasteiger partial charge < -0.3 is 11.1 Å². The summed E-state index contributed by atoms with van der Waals surface area (Å²) in [5.74, 6) is 0.428. The number of nitrogens with two attached hydrogens (primary N) is 1. The third-order valence-electron chi connectivity index (χ3n) is 4.58. The smallest absolute Gasteiger partial charge is 0.221 e. The molecule has 0 bridgehead atoms. The molecule has 0 spiro atoms. The van der Waals surface area contributed by atoms with Gasteiger partial charge in [-0.3, -0.25) is 4.79 Å². The number of halogens is 1. The molecule has 0 radical (unpaired) electrons. The number of carbonyl (C=O) groups excluding carboxylic acids is 1. The highest BCUT2D eigenvalue weighted by molar-refractivity contribution is 7.88. The first kappa shape index (κ1) is 22.9. The Morgan fingerprint density at radius 3 is 2.42 bits per heavy atom. The van der Waals surface area contributed by atoms with Crippen LogP contribution < -0.4 is 11.1 Å². The van der Waals surface area contributed by atoms with Crippen LogP contribution in [-0.2, 0) is 27.1 Å². The molecule has 1 saturated heterocycles. The molecule has 1 aliphatic heterocycles. The van der Waals surface area contributed by atoms with Gasteiger partial charge in [-0.2, -0.15) is 0 Å². The summed E-state index contributed by atoms with van der Waals surface area (Å²) < 4.78 is 27.0. The highest BCUT2D eigenvalue weighted by Crippen LogP contribution is 2.22. The van der Waals surface area contributed by atoms with Gasteiger partial charge in [0.1, 0.15) is 0 Å². The number of nitrogens with one attached hydrogen (secondary N) is 1. The average Bonchev–Trinajstić information content (AvgIpc) is 2.53. The topological polar surface area (TPSA) is 92.5 Å². The summed E-state index contributed by atoms with van der Waals surface area (Å²) in [6, 6.07) is 7.16. The Labute approximate surface area is 163 Å². The molecule has 0 saturated carbocycles. The first-order chi connectivity index (χ1) is 11.8. The van der Waals surface area contributed by atoms with Crippen LogP contribution in [0.1, 0.15) is 44.2 Å². The molecule has 0 aliphatic carbocycles. The van der Waals surface area contributed by atoms with Crippen LogP contribution in [0.15, 0.2) is 24.3 Å². The summed E-state index contributed by atoms with van der Waals surface area (Å²) in [7, 11) is -3.34. The summed E-state index contributed by atoms with van der Waals surface area (Å²) in [5, 5.41) is 2.81. The van der Waals surface area contributed by atoms with E-state index in [1.165, 1.54) is 0 Å². The molecule has 1 fully saturated rings. The maximum Gasteiger partial charge on any atom is 0.221 e. The van der Waals surface area contributed by atoms with Gasteiger partial charge in [0.05, 0.1) is 5.75 Å². The molecule has 1 unspecified atom stereocenters. The van der Waals surface area contributed by atoms with E-state index in [-0.39, 0.29) is 36.5 Å². The second-order valence-electron chi connectivity index (χ2n) is 7.06. The maximum atomic E-state index is 12.7. The molecule has 6 nitrogen and oxygen atoms in total. The maximum absolute atomic E-state index is 12.7. The predicted octanol–water partition coefficient (Wildman–Crippen LogP) is 2.02. The van der Waals surface area contributed by atoms with E-state index in [0.717, 1.165) is 24.0 Å². The predicted molar refractivity (Wildman–Crippen MR) is 106 cm³/mol. The number of sulfonamides is 1. The monoisotopic (exact) mass is 403 g/mol. The van der Waals surface area contributed by atoms with E-state index in [4.69, 9.17) is 5.73 Å². The minimum atomic E-state index is -3.34. The van der Waals surface area contributed by atoms with Gasteiger partial charge in [-0.25, -0.2) is 12.7 Å². The van der Waals surface area contributed by atoms with Crippen LogP contribution in [0.3, 0.4) is 0 Å². The molecule has 1 atom stereocenters. The first-order valence-electron chi connectivity index (χ1n) is 8.85. The molecule has 1 aliphatic rings. The number of hydrogen-bond acceptors (Lipinski definition) is 4. The lowest BCUT2D eigenvalue weighted by Crippen LogP contribution is -2.38. The summed E-state index contributed by atoms with van der Waals surface area (Å²) >= 11 is 0. The third-order valence-corrected chi connectivity index (χ3v) is 6.40.